The molecule has 2 aliphatic heterocycles. The lowest BCUT2D eigenvalue weighted by Crippen LogP contribution is -2.66. The lowest BCUT2D eigenvalue weighted by atomic mass is 9.65. The fraction of sp³-hybridized carbons (Fsp3) is 0.684. The van der Waals surface area contributed by atoms with Crippen molar-refractivity contribution in [2.45, 2.75) is 62.3 Å². The van der Waals surface area contributed by atoms with E-state index in [0.717, 1.165) is 43.5 Å². The Labute approximate surface area is 159 Å². The van der Waals surface area contributed by atoms with Crippen molar-refractivity contribution in [3.63, 3.8) is 0 Å². The van der Waals surface area contributed by atoms with Crippen molar-refractivity contribution >= 4 is 7.82 Å². The molecule has 1 spiro atoms. The minimum atomic E-state index is -4.57. The zero-order chi connectivity index (χ0) is 19.2. The predicted octanol–water partition coefficient (Wildman–Crippen LogP) is 2.09. The number of fused-ring (bicyclic) bond motifs is 1. The quantitative estimate of drug-likeness (QED) is 0.655. The van der Waals surface area contributed by atoms with Gasteiger partial charge >= 0.3 is 7.82 Å². The summed E-state index contributed by atoms with van der Waals surface area (Å²) in [5.41, 5.74) is 1.16. The zero-order valence-electron chi connectivity index (χ0n) is 15.5. The molecule has 2 saturated heterocycles. The van der Waals surface area contributed by atoms with Crippen LogP contribution in [-0.4, -0.2) is 57.2 Å². The number of aliphatic hydroxyl groups is 1. The van der Waals surface area contributed by atoms with Crippen LogP contribution in [0.1, 0.15) is 37.7 Å². The summed E-state index contributed by atoms with van der Waals surface area (Å²) in [4.78, 5) is 21.0. The molecule has 8 heteroatoms. The van der Waals surface area contributed by atoms with Crippen molar-refractivity contribution in [1.29, 1.82) is 0 Å². The molecule has 0 radical (unpaired) electrons. The molecule has 3 aliphatic rings. The fourth-order valence-corrected chi connectivity index (χ4v) is 6.23. The molecule has 0 aromatic heterocycles. The average molecular weight is 397 g/mol. The highest BCUT2D eigenvalue weighted by atomic mass is 31.2. The van der Waals surface area contributed by atoms with Crippen LogP contribution in [0.15, 0.2) is 24.3 Å². The molecule has 1 aromatic carbocycles. The Morgan fingerprint density at radius 3 is 2.67 bits per heavy atom. The van der Waals surface area contributed by atoms with Crippen LogP contribution in [0, 0.1) is 5.92 Å². The Morgan fingerprint density at radius 1 is 1.26 bits per heavy atom. The molecule has 1 aromatic rings. The van der Waals surface area contributed by atoms with Crippen LogP contribution >= 0.6 is 7.82 Å². The number of hydrogen-bond acceptors (Lipinski definition) is 5. The van der Waals surface area contributed by atoms with Gasteiger partial charge in [0.2, 0.25) is 0 Å². The number of rotatable bonds is 5. The lowest BCUT2D eigenvalue weighted by Gasteiger charge is -2.57. The average Bonchev–Trinajstić information content (AvgIpc) is 3.03. The summed E-state index contributed by atoms with van der Waals surface area (Å²) < 4.78 is 21.7. The summed E-state index contributed by atoms with van der Waals surface area (Å²) in [7, 11) is -2.94. The van der Waals surface area contributed by atoms with Gasteiger partial charge in [-0.25, -0.2) is 4.57 Å². The summed E-state index contributed by atoms with van der Waals surface area (Å²) in [5, 5.41) is 11.2. The van der Waals surface area contributed by atoms with Crippen molar-refractivity contribution in [3.05, 3.63) is 29.8 Å². The van der Waals surface area contributed by atoms with Gasteiger partial charge in [-0.1, -0.05) is 12.1 Å². The SMILES string of the molecule is COc1ccc(C[C@@H]2[C@H](O)[C@@H]3C[C@@]4(CCCN24)CC[C@H]3OP(=O)(O)O)cc1. The van der Waals surface area contributed by atoms with Crippen LogP contribution in [-0.2, 0) is 15.5 Å². The molecular formula is C19H28NO6P. The first-order chi connectivity index (χ1) is 12.8. The highest BCUT2D eigenvalue weighted by molar-refractivity contribution is 7.46. The number of ether oxygens (including phenoxy) is 1. The summed E-state index contributed by atoms with van der Waals surface area (Å²) in [5.74, 6) is 0.552. The first-order valence-corrected chi connectivity index (χ1v) is 11.2. The molecule has 2 bridgehead atoms. The lowest BCUT2D eigenvalue weighted by molar-refractivity contribution is -0.144. The second-order valence-corrected chi connectivity index (χ2v) is 9.36. The molecule has 27 heavy (non-hydrogen) atoms. The molecule has 1 saturated carbocycles. The highest BCUT2D eigenvalue weighted by Gasteiger charge is 2.57. The number of hydrogen-bond donors (Lipinski definition) is 3. The van der Waals surface area contributed by atoms with Gasteiger partial charge in [0.05, 0.1) is 19.3 Å². The predicted molar refractivity (Wildman–Crippen MR) is 99.4 cm³/mol. The van der Waals surface area contributed by atoms with Crippen molar-refractivity contribution in [3.8, 4) is 5.75 Å². The van der Waals surface area contributed by atoms with Gasteiger partial charge in [0.1, 0.15) is 5.75 Å². The van der Waals surface area contributed by atoms with Crippen LogP contribution in [0.2, 0.25) is 0 Å². The van der Waals surface area contributed by atoms with E-state index in [1.54, 1.807) is 7.11 Å². The molecule has 4 rings (SSSR count). The number of phosphoric acid groups is 1. The molecule has 3 N–H and O–H groups in total. The summed E-state index contributed by atoms with van der Waals surface area (Å²) in [6.45, 7) is 0.967. The second kappa shape index (κ2) is 7.14. The van der Waals surface area contributed by atoms with Crippen LogP contribution in [0.3, 0.4) is 0 Å². The third-order valence-electron chi connectivity index (χ3n) is 6.75. The van der Waals surface area contributed by atoms with Gasteiger partial charge in [-0.05, 0) is 62.8 Å². The van der Waals surface area contributed by atoms with E-state index >= 15 is 0 Å². The molecule has 3 fully saturated rings. The van der Waals surface area contributed by atoms with Crippen LogP contribution in [0.5, 0.6) is 5.75 Å². The number of aliphatic hydroxyl groups excluding tert-OH is 1. The molecule has 5 atom stereocenters. The van der Waals surface area contributed by atoms with Gasteiger partial charge in [-0.15, -0.1) is 0 Å². The summed E-state index contributed by atoms with van der Waals surface area (Å²) in [6.07, 6.45) is 3.81. The standard InChI is InChI=1S/C19H28NO6P/c1-25-14-5-3-13(4-6-14)11-16-18(21)15-12-19(8-2-10-20(16)19)9-7-17(15)26-27(22,23)24/h3-6,15-18,21H,2,7-12H2,1H3,(H2,22,23,24)/t15-,16-,17-,18-,19-/m1/s1. The van der Waals surface area contributed by atoms with Gasteiger partial charge < -0.3 is 19.6 Å². The Kier molecular flexibility index (Phi) is 5.12. The second-order valence-electron chi connectivity index (χ2n) is 8.17. The molecular weight excluding hydrogens is 369 g/mol. The van der Waals surface area contributed by atoms with Crippen LogP contribution in [0.25, 0.3) is 0 Å². The third-order valence-corrected chi connectivity index (χ3v) is 7.29. The normalized spacial score (nSPS) is 36.4. The molecule has 150 valence electrons. The van der Waals surface area contributed by atoms with Gasteiger partial charge in [0.25, 0.3) is 0 Å². The maximum atomic E-state index is 11.4. The minimum Gasteiger partial charge on any atom is -0.497 e. The van der Waals surface area contributed by atoms with Gasteiger partial charge in [0, 0.05) is 17.5 Å². The van der Waals surface area contributed by atoms with Gasteiger partial charge in [-0.3, -0.25) is 9.42 Å². The maximum absolute atomic E-state index is 11.4. The molecule has 2 heterocycles. The Hall–Kier alpha value is -0.950. The minimum absolute atomic E-state index is 0.0375. The molecule has 1 aliphatic carbocycles. The molecule has 0 amide bonds. The zero-order valence-corrected chi connectivity index (χ0v) is 16.4. The first-order valence-electron chi connectivity index (χ1n) is 9.63. The van der Waals surface area contributed by atoms with E-state index < -0.39 is 20.0 Å². The van der Waals surface area contributed by atoms with Crippen LogP contribution in [0.4, 0.5) is 0 Å². The van der Waals surface area contributed by atoms with E-state index in [4.69, 9.17) is 9.26 Å². The topological polar surface area (TPSA) is 99.5 Å². The van der Waals surface area contributed by atoms with E-state index in [9.17, 15) is 19.5 Å². The number of benzene rings is 1. The number of phosphoric ester groups is 1. The van der Waals surface area contributed by atoms with Gasteiger partial charge in [-0.2, -0.15) is 0 Å². The monoisotopic (exact) mass is 397 g/mol. The van der Waals surface area contributed by atoms with Crippen molar-refractivity contribution in [1.82, 2.24) is 4.90 Å². The van der Waals surface area contributed by atoms with E-state index in [1.807, 2.05) is 24.3 Å². The smallest absolute Gasteiger partial charge is 0.469 e. The van der Waals surface area contributed by atoms with Gasteiger partial charge in [0.15, 0.2) is 0 Å². The van der Waals surface area contributed by atoms with E-state index in [-0.39, 0.29) is 17.5 Å². The third kappa shape index (κ3) is 3.69. The fourth-order valence-electron chi connectivity index (χ4n) is 5.61. The first kappa shape index (κ1) is 19.4. The van der Waals surface area contributed by atoms with Crippen molar-refractivity contribution < 1.29 is 28.7 Å². The van der Waals surface area contributed by atoms with E-state index in [2.05, 4.69) is 4.90 Å². The maximum Gasteiger partial charge on any atom is 0.469 e. The van der Waals surface area contributed by atoms with E-state index in [0.29, 0.717) is 12.8 Å². The molecule has 0 unspecified atom stereocenters. The van der Waals surface area contributed by atoms with Crippen LogP contribution < -0.4 is 4.74 Å². The number of nitrogens with zero attached hydrogens (tertiary/aromatic N) is 1. The Bertz CT molecular complexity index is 721. The van der Waals surface area contributed by atoms with Crippen molar-refractivity contribution in [2.24, 2.45) is 5.92 Å². The number of piperidine rings is 1. The highest BCUT2D eigenvalue weighted by Crippen LogP contribution is 2.54. The summed E-state index contributed by atoms with van der Waals surface area (Å²) in [6, 6.07) is 7.81. The summed E-state index contributed by atoms with van der Waals surface area (Å²) >= 11 is 0. The van der Waals surface area contributed by atoms with E-state index in [1.165, 1.54) is 0 Å². The van der Waals surface area contributed by atoms with Crippen molar-refractivity contribution in [2.75, 3.05) is 13.7 Å². The largest absolute Gasteiger partial charge is 0.497 e. The Balaban J connectivity index is 1.59. The number of methoxy groups -OCH3 is 1. The Morgan fingerprint density at radius 2 is 2.00 bits per heavy atom. The molecule has 7 nitrogen and oxygen atoms in total.